The first-order chi connectivity index (χ1) is 9.88. The number of alkyl halides is 1. The number of nitrogens with zero attached hydrogens (tertiary/aromatic N) is 5. The third-order valence-electron chi connectivity index (χ3n) is 3.29. The Hall–Kier alpha value is -2.20. The Bertz CT molecular complexity index is 711. The molecule has 11 heteroatoms. The van der Waals surface area contributed by atoms with Crippen LogP contribution in [-0.4, -0.2) is 44.0 Å². The summed E-state index contributed by atoms with van der Waals surface area (Å²) in [6.07, 6.45) is -4.75. The molecule has 1 aliphatic rings. The number of ether oxygens (including phenoxy) is 1. The Kier molecular flexibility index (Phi) is 3.83. The second-order valence-corrected chi connectivity index (χ2v) is 4.49. The summed E-state index contributed by atoms with van der Waals surface area (Å²) in [4.78, 5) is 25.6. The molecule has 2 heterocycles. The van der Waals surface area contributed by atoms with Crippen molar-refractivity contribution in [1.82, 2.24) is 9.13 Å². The third kappa shape index (κ3) is 2.21. The Morgan fingerprint density at radius 2 is 2.29 bits per heavy atom. The van der Waals surface area contributed by atoms with E-state index in [1.807, 2.05) is 0 Å². The Balaban J connectivity index is 2.52. The van der Waals surface area contributed by atoms with Gasteiger partial charge in [0, 0.05) is 24.2 Å². The Morgan fingerprint density at radius 1 is 1.62 bits per heavy atom. The van der Waals surface area contributed by atoms with E-state index < -0.39 is 42.1 Å². The largest absolute Gasteiger partial charge is 0.393 e. The first-order valence-electron chi connectivity index (χ1n) is 5.83. The van der Waals surface area contributed by atoms with Crippen molar-refractivity contribution in [1.29, 1.82) is 0 Å². The van der Waals surface area contributed by atoms with Crippen LogP contribution in [0.15, 0.2) is 27.0 Å². The van der Waals surface area contributed by atoms with E-state index in [2.05, 4.69) is 10.0 Å². The molecule has 21 heavy (non-hydrogen) atoms. The number of hydrogen-bond donors (Lipinski definition) is 2. The lowest BCUT2D eigenvalue weighted by molar-refractivity contribution is -0.124. The van der Waals surface area contributed by atoms with Gasteiger partial charge in [0.25, 0.3) is 5.56 Å². The van der Waals surface area contributed by atoms with Gasteiger partial charge in [-0.15, -0.1) is 0 Å². The van der Waals surface area contributed by atoms with Gasteiger partial charge in [-0.1, -0.05) is 5.11 Å². The van der Waals surface area contributed by atoms with E-state index in [-0.39, 0.29) is 0 Å². The van der Waals surface area contributed by atoms with Gasteiger partial charge in [0.2, 0.25) is 5.72 Å². The van der Waals surface area contributed by atoms with Crippen LogP contribution in [0.1, 0.15) is 6.23 Å². The fraction of sp³-hybridized carbons (Fsp3) is 0.600. The van der Waals surface area contributed by atoms with Gasteiger partial charge in [-0.3, -0.25) is 13.9 Å². The minimum atomic E-state index is -2.23. The maximum atomic E-state index is 14.2. The number of aromatic nitrogens is 2. The highest BCUT2D eigenvalue weighted by Gasteiger charge is 2.56. The molecule has 0 radical (unpaired) electrons. The molecule has 0 spiro atoms. The molecule has 10 nitrogen and oxygen atoms in total. The zero-order chi connectivity index (χ0) is 15.8. The fourth-order valence-corrected chi connectivity index (χ4v) is 2.06. The molecule has 2 rings (SSSR count). The molecule has 1 fully saturated rings. The van der Waals surface area contributed by atoms with Gasteiger partial charge in [0.1, 0.15) is 6.10 Å². The monoisotopic (exact) mass is 301 g/mol. The van der Waals surface area contributed by atoms with Crippen molar-refractivity contribution in [3.8, 4) is 0 Å². The third-order valence-corrected chi connectivity index (χ3v) is 3.29. The normalized spacial score (nSPS) is 31.9. The topological polar surface area (TPSA) is 142 Å². The molecule has 0 aliphatic carbocycles. The van der Waals surface area contributed by atoms with Crippen LogP contribution in [0.5, 0.6) is 0 Å². The van der Waals surface area contributed by atoms with Crippen molar-refractivity contribution >= 4 is 0 Å². The van der Waals surface area contributed by atoms with Crippen molar-refractivity contribution in [3.05, 3.63) is 43.5 Å². The number of halogens is 1. The van der Waals surface area contributed by atoms with Crippen molar-refractivity contribution in [2.75, 3.05) is 6.61 Å². The predicted octanol–water partition coefficient (Wildman–Crippen LogP) is -1.23. The van der Waals surface area contributed by atoms with E-state index in [0.29, 0.717) is 0 Å². The van der Waals surface area contributed by atoms with Crippen LogP contribution in [0.2, 0.25) is 0 Å². The summed E-state index contributed by atoms with van der Waals surface area (Å²) in [5.41, 5.74) is 4.73. The van der Waals surface area contributed by atoms with Crippen LogP contribution in [0.3, 0.4) is 0 Å². The van der Waals surface area contributed by atoms with E-state index in [1.54, 1.807) is 0 Å². The second-order valence-electron chi connectivity index (χ2n) is 4.49. The Morgan fingerprint density at radius 3 is 2.86 bits per heavy atom. The standard InChI is InChI=1S/C10H12FN5O5/c1-15-5(18)2-3-16(9(15)20)8-6(11)7(19)10(4-17,21-8)13-14-12/h2-3,6-8,17,19H,4H2,1H3/t6-,7+,8-,10-/m1/s1. The summed E-state index contributed by atoms with van der Waals surface area (Å²) >= 11 is 0. The minimum Gasteiger partial charge on any atom is -0.393 e. The highest BCUT2D eigenvalue weighted by molar-refractivity contribution is 5.01. The minimum absolute atomic E-state index is 0.603. The van der Waals surface area contributed by atoms with Crippen LogP contribution < -0.4 is 11.2 Å². The predicted molar refractivity (Wildman–Crippen MR) is 65.9 cm³/mol. The molecule has 2 N–H and O–H groups in total. The molecule has 114 valence electrons. The average Bonchev–Trinajstić information content (AvgIpc) is 2.71. The molecule has 0 unspecified atom stereocenters. The van der Waals surface area contributed by atoms with Gasteiger partial charge in [-0.2, -0.15) is 0 Å². The summed E-state index contributed by atoms with van der Waals surface area (Å²) in [5, 5.41) is 22.1. The van der Waals surface area contributed by atoms with Crippen LogP contribution in [-0.2, 0) is 11.8 Å². The quantitative estimate of drug-likeness (QED) is 0.408. The number of aliphatic hydroxyl groups excluding tert-OH is 2. The van der Waals surface area contributed by atoms with Gasteiger partial charge in [0.05, 0.1) is 6.61 Å². The van der Waals surface area contributed by atoms with Crippen LogP contribution >= 0.6 is 0 Å². The maximum absolute atomic E-state index is 14.2. The zero-order valence-corrected chi connectivity index (χ0v) is 10.8. The smallest absolute Gasteiger partial charge is 0.332 e. The highest BCUT2D eigenvalue weighted by Crippen LogP contribution is 2.39. The first kappa shape index (κ1) is 15.2. The molecule has 0 amide bonds. The molecule has 0 saturated carbocycles. The van der Waals surface area contributed by atoms with Crippen molar-refractivity contribution < 1.29 is 19.3 Å². The van der Waals surface area contributed by atoms with E-state index in [1.165, 1.54) is 7.05 Å². The van der Waals surface area contributed by atoms with E-state index in [9.17, 15) is 24.2 Å². The van der Waals surface area contributed by atoms with Crippen LogP contribution in [0, 0.1) is 0 Å². The molecular weight excluding hydrogens is 289 g/mol. The second kappa shape index (κ2) is 5.30. The number of rotatable bonds is 3. The van der Waals surface area contributed by atoms with Crippen LogP contribution in [0.4, 0.5) is 4.39 Å². The van der Waals surface area contributed by atoms with Gasteiger partial charge in [-0.25, -0.2) is 9.18 Å². The van der Waals surface area contributed by atoms with Crippen molar-refractivity contribution in [2.24, 2.45) is 12.2 Å². The molecule has 1 aliphatic heterocycles. The van der Waals surface area contributed by atoms with E-state index >= 15 is 0 Å². The van der Waals surface area contributed by atoms with Gasteiger partial charge >= 0.3 is 5.69 Å². The number of hydrogen-bond acceptors (Lipinski definition) is 6. The molecule has 1 saturated heterocycles. The molecule has 1 aromatic rings. The number of aliphatic hydroxyl groups is 2. The molecule has 1 aromatic heterocycles. The molecular formula is C10H12FN5O5. The lowest BCUT2D eigenvalue weighted by Crippen LogP contribution is -2.43. The molecule has 0 bridgehead atoms. The SMILES string of the molecule is Cn1c(=O)ccn([C@@H]2O[C@@](CO)(N=[N+]=[N-])[C@@H](O)[C@H]2F)c1=O. The molecule has 4 atom stereocenters. The summed E-state index contributed by atoms with van der Waals surface area (Å²) in [7, 11) is 1.19. The lowest BCUT2D eigenvalue weighted by atomic mass is 10.1. The van der Waals surface area contributed by atoms with Crippen molar-refractivity contribution in [2.45, 2.75) is 24.2 Å². The first-order valence-corrected chi connectivity index (χ1v) is 5.83. The van der Waals surface area contributed by atoms with E-state index in [0.717, 1.165) is 21.4 Å². The lowest BCUT2D eigenvalue weighted by Gasteiger charge is -2.23. The van der Waals surface area contributed by atoms with E-state index in [4.69, 9.17) is 10.3 Å². The number of azide groups is 1. The Labute approximate surface area is 116 Å². The summed E-state index contributed by atoms with van der Waals surface area (Å²) in [6, 6.07) is 1.01. The highest BCUT2D eigenvalue weighted by atomic mass is 19.1. The zero-order valence-electron chi connectivity index (χ0n) is 10.8. The maximum Gasteiger partial charge on any atom is 0.332 e. The van der Waals surface area contributed by atoms with Gasteiger partial charge in [0.15, 0.2) is 12.4 Å². The summed E-state index contributed by atoms with van der Waals surface area (Å²) < 4.78 is 20.7. The fourth-order valence-electron chi connectivity index (χ4n) is 2.06. The van der Waals surface area contributed by atoms with Gasteiger partial charge < -0.3 is 14.9 Å². The van der Waals surface area contributed by atoms with Crippen molar-refractivity contribution in [3.63, 3.8) is 0 Å². The molecule has 0 aromatic carbocycles. The summed E-state index contributed by atoms with van der Waals surface area (Å²) in [6.45, 7) is -0.977. The average molecular weight is 301 g/mol. The summed E-state index contributed by atoms with van der Waals surface area (Å²) in [5.74, 6) is 0. The van der Waals surface area contributed by atoms with Gasteiger partial charge in [-0.05, 0) is 5.53 Å². The van der Waals surface area contributed by atoms with Crippen LogP contribution in [0.25, 0.3) is 10.4 Å².